The van der Waals surface area contributed by atoms with Gasteiger partial charge in [0.15, 0.2) is 17.4 Å². The van der Waals surface area contributed by atoms with E-state index in [1.54, 1.807) is 0 Å². The van der Waals surface area contributed by atoms with Crippen LogP contribution in [0.1, 0.15) is 18.4 Å². The average Bonchev–Trinajstić information content (AvgIpc) is 2.38. The van der Waals surface area contributed by atoms with Crippen molar-refractivity contribution in [2.75, 3.05) is 19.8 Å². The molecule has 0 aliphatic carbocycles. The maximum absolute atomic E-state index is 13.6. The third kappa shape index (κ3) is 3.33. The molecule has 0 N–H and O–H groups in total. The Hall–Kier alpha value is -0.870. The number of rotatable bonds is 4. The lowest BCUT2D eigenvalue weighted by Gasteiger charge is -2.22. The van der Waals surface area contributed by atoms with E-state index in [-0.39, 0.29) is 11.6 Å². The molecule has 0 spiro atoms. The zero-order valence-electron chi connectivity index (χ0n) is 9.93. The van der Waals surface area contributed by atoms with Crippen molar-refractivity contribution in [1.29, 1.82) is 0 Å². The minimum atomic E-state index is -0.697. The molecule has 5 heteroatoms. The maximum Gasteiger partial charge on any atom is 0.190 e. The minimum absolute atomic E-state index is 0.0775. The number of halogens is 3. The summed E-state index contributed by atoms with van der Waals surface area (Å²) < 4.78 is 37.7. The Labute approximate surface area is 110 Å². The molecule has 1 aromatic carbocycles. The van der Waals surface area contributed by atoms with Crippen molar-refractivity contribution < 1.29 is 18.3 Å². The first-order valence-electron chi connectivity index (χ1n) is 5.95. The molecule has 1 aromatic rings. The van der Waals surface area contributed by atoms with Crippen LogP contribution >= 0.6 is 11.6 Å². The van der Waals surface area contributed by atoms with Gasteiger partial charge in [0, 0.05) is 19.1 Å². The van der Waals surface area contributed by atoms with Crippen molar-refractivity contribution in [1.82, 2.24) is 0 Å². The molecule has 0 amide bonds. The zero-order chi connectivity index (χ0) is 13.0. The molecule has 1 saturated heterocycles. The summed E-state index contributed by atoms with van der Waals surface area (Å²) in [5, 5.41) is 0. The second-order valence-electron chi connectivity index (χ2n) is 4.39. The monoisotopic (exact) mass is 276 g/mol. The fourth-order valence-electron chi connectivity index (χ4n) is 1.94. The molecule has 0 unspecified atom stereocenters. The largest absolute Gasteiger partial charge is 0.487 e. The second kappa shape index (κ2) is 6.34. The lowest BCUT2D eigenvalue weighted by Crippen LogP contribution is -2.22. The molecule has 100 valence electrons. The molecule has 18 heavy (non-hydrogen) atoms. The lowest BCUT2D eigenvalue weighted by atomic mass is 10.0. The second-order valence-corrected chi connectivity index (χ2v) is 4.66. The Kier molecular flexibility index (Phi) is 4.78. The molecule has 0 aromatic heterocycles. The van der Waals surface area contributed by atoms with Gasteiger partial charge in [0.25, 0.3) is 0 Å². The van der Waals surface area contributed by atoms with Crippen LogP contribution < -0.4 is 4.74 Å². The predicted octanol–water partition coefficient (Wildman–Crippen LogP) is 3.51. The van der Waals surface area contributed by atoms with E-state index >= 15 is 0 Å². The summed E-state index contributed by atoms with van der Waals surface area (Å²) >= 11 is 5.53. The molecule has 2 rings (SSSR count). The summed E-state index contributed by atoms with van der Waals surface area (Å²) in [6, 6.07) is 2.41. The van der Waals surface area contributed by atoms with Gasteiger partial charge >= 0.3 is 0 Å². The van der Waals surface area contributed by atoms with E-state index in [1.165, 1.54) is 12.1 Å². The standard InChI is InChI=1S/C13H15ClF2O2/c14-7-10-5-11(15)13(12(16)6-10)18-8-9-1-3-17-4-2-9/h5-6,9H,1-4,7-8H2. The minimum Gasteiger partial charge on any atom is -0.487 e. The van der Waals surface area contributed by atoms with E-state index in [2.05, 4.69) is 0 Å². The van der Waals surface area contributed by atoms with E-state index in [9.17, 15) is 8.78 Å². The summed E-state index contributed by atoms with van der Waals surface area (Å²) in [5.41, 5.74) is 0.407. The summed E-state index contributed by atoms with van der Waals surface area (Å²) in [6.07, 6.45) is 1.73. The molecule has 2 nitrogen and oxygen atoms in total. The van der Waals surface area contributed by atoms with Crippen LogP contribution in [0.5, 0.6) is 5.75 Å². The van der Waals surface area contributed by atoms with Crippen molar-refractivity contribution in [2.45, 2.75) is 18.7 Å². The van der Waals surface area contributed by atoms with E-state index < -0.39 is 11.6 Å². The molecule has 1 aliphatic heterocycles. The topological polar surface area (TPSA) is 18.5 Å². The lowest BCUT2D eigenvalue weighted by molar-refractivity contribution is 0.0485. The highest BCUT2D eigenvalue weighted by molar-refractivity contribution is 6.17. The first-order chi connectivity index (χ1) is 8.70. The third-order valence-corrected chi connectivity index (χ3v) is 3.33. The van der Waals surface area contributed by atoms with Crippen LogP contribution in [0.3, 0.4) is 0 Å². The quantitative estimate of drug-likeness (QED) is 0.784. The van der Waals surface area contributed by atoms with Gasteiger partial charge in [0.1, 0.15) is 0 Å². The number of ether oxygens (including phenoxy) is 2. The Bertz CT molecular complexity index is 383. The van der Waals surface area contributed by atoms with Gasteiger partial charge in [-0.05, 0) is 36.5 Å². The Morgan fingerprint density at radius 1 is 1.22 bits per heavy atom. The molecule has 1 aliphatic rings. The first kappa shape index (κ1) is 13.6. The van der Waals surface area contributed by atoms with Crippen LogP contribution in [0, 0.1) is 17.6 Å². The summed E-state index contributed by atoms with van der Waals surface area (Å²) in [6.45, 7) is 1.69. The highest BCUT2D eigenvalue weighted by Gasteiger charge is 2.17. The van der Waals surface area contributed by atoms with Crippen LogP contribution in [-0.2, 0) is 10.6 Å². The molecule has 0 saturated carbocycles. The number of benzene rings is 1. The van der Waals surface area contributed by atoms with E-state index in [1.807, 2.05) is 0 Å². The summed E-state index contributed by atoms with van der Waals surface area (Å²) in [7, 11) is 0. The molecular formula is C13H15ClF2O2. The van der Waals surface area contributed by atoms with Crippen molar-refractivity contribution in [2.24, 2.45) is 5.92 Å². The Morgan fingerprint density at radius 3 is 2.39 bits per heavy atom. The van der Waals surface area contributed by atoms with Crippen LogP contribution in [-0.4, -0.2) is 19.8 Å². The fourth-order valence-corrected chi connectivity index (χ4v) is 2.10. The smallest absolute Gasteiger partial charge is 0.190 e. The molecule has 0 atom stereocenters. The van der Waals surface area contributed by atoms with E-state index in [4.69, 9.17) is 21.1 Å². The third-order valence-electron chi connectivity index (χ3n) is 3.02. The van der Waals surface area contributed by atoms with Crippen molar-refractivity contribution in [3.63, 3.8) is 0 Å². The van der Waals surface area contributed by atoms with Crippen LogP contribution in [0.2, 0.25) is 0 Å². The summed E-state index contributed by atoms with van der Waals surface area (Å²) in [4.78, 5) is 0. The molecule has 0 radical (unpaired) electrons. The van der Waals surface area contributed by atoms with Crippen molar-refractivity contribution in [3.05, 3.63) is 29.3 Å². The zero-order valence-corrected chi connectivity index (χ0v) is 10.7. The normalized spacial score (nSPS) is 16.8. The van der Waals surface area contributed by atoms with Gasteiger partial charge in [-0.15, -0.1) is 11.6 Å². The molecule has 0 bridgehead atoms. The van der Waals surface area contributed by atoms with Crippen molar-refractivity contribution >= 4 is 11.6 Å². The number of hydrogen-bond acceptors (Lipinski definition) is 2. The van der Waals surface area contributed by atoms with E-state index in [0.717, 1.165) is 12.8 Å². The van der Waals surface area contributed by atoms with Gasteiger partial charge in [-0.3, -0.25) is 0 Å². The fraction of sp³-hybridized carbons (Fsp3) is 0.538. The van der Waals surface area contributed by atoms with Gasteiger partial charge < -0.3 is 9.47 Å². The van der Waals surface area contributed by atoms with Gasteiger partial charge in [0.2, 0.25) is 0 Å². The number of alkyl halides is 1. The Morgan fingerprint density at radius 2 is 1.83 bits per heavy atom. The number of hydrogen-bond donors (Lipinski definition) is 0. The highest BCUT2D eigenvalue weighted by atomic mass is 35.5. The molecular weight excluding hydrogens is 262 g/mol. The van der Waals surface area contributed by atoms with Gasteiger partial charge in [-0.25, -0.2) is 8.78 Å². The summed E-state index contributed by atoms with van der Waals surface area (Å²) in [5.74, 6) is -1.33. The molecule has 1 heterocycles. The average molecular weight is 277 g/mol. The predicted molar refractivity (Wildman–Crippen MR) is 65.0 cm³/mol. The molecule has 1 fully saturated rings. The van der Waals surface area contributed by atoms with Gasteiger partial charge in [-0.2, -0.15) is 0 Å². The van der Waals surface area contributed by atoms with Crippen LogP contribution in [0.25, 0.3) is 0 Å². The SMILES string of the molecule is Fc1cc(CCl)cc(F)c1OCC1CCOCC1. The first-order valence-corrected chi connectivity index (χ1v) is 6.48. The highest BCUT2D eigenvalue weighted by Crippen LogP contribution is 2.25. The van der Waals surface area contributed by atoms with Gasteiger partial charge in [0.05, 0.1) is 6.61 Å². The van der Waals surface area contributed by atoms with Crippen LogP contribution in [0.4, 0.5) is 8.78 Å². The maximum atomic E-state index is 13.6. The van der Waals surface area contributed by atoms with Crippen molar-refractivity contribution in [3.8, 4) is 5.75 Å². The Balaban J connectivity index is 2.00. The van der Waals surface area contributed by atoms with Gasteiger partial charge in [-0.1, -0.05) is 0 Å². The van der Waals surface area contributed by atoms with Crippen LogP contribution in [0.15, 0.2) is 12.1 Å². The van der Waals surface area contributed by atoms with E-state index in [0.29, 0.717) is 31.3 Å².